The van der Waals surface area contributed by atoms with E-state index in [1.54, 1.807) is 6.07 Å². The third-order valence-electron chi connectivity index (χ3n) is 2.86. The van der Waals surface area contributed by atoms with Crippen LogP contribution in [0.5, 0.6) is 0 Å². The number of furan rings is 1. The van der Waals surface area contributed by atoms with Gasteiger partial charge in [0.2, 0.25) is 5.76 Å². The molecule has 4 nitrogen and oxygen atoms in total. The zero-order valence-corrected chi connectivity index (χ0v) is 11.5. The summed E-state index contributed by atoms with van der Waals surface area (Å²) in [6.45, 7) is 0.936. The second-order valence-corrected chi connectivity index (χ2v) is 4.46. The molecule has 0 bridgehead atoms. The number of rotatable bonds is 6. The Bertz CT molecular complexity index is 605. The van der Waals surface area contributed by atoms with E-state index in [4.69, 9.17) is 4.42 Å². The van der Waals surface area contributed by atoms with E-state index in [1.807, 2.05) is 0 Å². The molecule has 0 atom stereocenters. The SMILES string of the molecule is COC(=O)c1ccc(CNCCc2cc(F)cc(F)c2)o1. The fourth-order valence-electron chi connectivity index (χ4n) is 1.88. The van der Waals surface area contributed by atoms with Crippen molar-refractivity contribution in [2.45, 2.75) is 13.0 Å². The lowest BCUT2D eigenvalue weighted by atomic mass is 10.1. The molecule has 0 saturated heterocycles. The van der Waals surface area contributed by atoms with E-state index in [-0.39, 0.29) is 5.76 Å². The monoisotopic (exact) mass is 295 g/mol. The van der Waals surface area contributed by atoms with Crippen LogP contribution in [-0.4, -0.2) is 19.6 Å². The summed E-state index contributed by atoms with van der Waals surface area (Å²) in [5.74, 6) is -0.976. The fraction of sp³-hybridized carbons (Fsp3) is 0.267. The Morgan fingerprint density at radius 3 is 2.62 bits per heavy atom. The molecule has 0 fully saturated rings. The summed E-state index contributed by atoms with van der Waals surface area (Å²) in [6, 6.07) is 6.64. The molecular formula is C15H15F2NO3. The first-order chi connectivity index (χ1) is 10.1. The lowest BCUT2D eigenvalue weighted by Crippen LogP contribution is -2.16. The Hall–Kier alpha value is -2.21. The van der Waals surface area contributed by atoms with Gasteiger partial charge >= 0.3 is 5.97 Å². The molecule has 2 aromatic rings. The molecule has 0 spiro atoms. The van der Waals surface area contributed by atoms with Crippen molar-refractivity contribution in [3.63, 3.8) is 0 Å². The molecule has 1 aromatic heterocycles. The number of halogens is 2. The van der Waals surface area contributed by atoms with Crippen LogP contribution in [0.25, 0.3) is 0 Å². The predicted molar refractivity (Wildman–Crippen MR) is 71.8 cm³/mol. The van der Waals surface area contributed by atoms with E-state index in [0.29, 0.717) is 30.8 Å². The Balaban J connectivity index is 1.79. The molecule has 0 aliphatic rings. The molecule has 0 aliphatic carbocycles. The normalized spacial score (nSPS) is 10.6. The third kappa shape index (κ3) is 4.39. The Kier molecular flexibility index (Phi) is 5.05. The van der Waals surface area contributed by atoms with Gasteiger partial charge in [0, 0.05) is 6.07 Å². The lowest BCUT2D eigenvalue weighted by Gasteiger charge is -2.04. The summed E-state index contributed by atoms with van der Waals surface area (Å²) >= 11 is 0. The van der Waals surface area contributed by atoms with Gasteiger partial charge in [-0.25, -0.2) is 13.6 Å². The Morgan fingerprint density at radius 1 is 1.24 bits per heavy atom. The van der Waals surface area contributed by atoms with Crippen molar-refractivity contribution in [1.29, 1.82) is 0 Å². The van der Waals surface area contributed by atoms with E-state index < -0.39 is 17.6 Å². The summed E-state index contributed by atoms with van der Waals surface area (Å²) in [6.07, 6.45) is 0.485. The standard InChI is InChI=1S/C15H15F2NO3/c1-20-15(19)14-3-2-13(21-14)9-18-5-4-10-6-11(16)8-12(17)7-10/h2-3,6-8,18H,4-5,9H2,1H3. The third-order valence-corrected chi connectivity index (χ3v) is 2.86. The molecular weight excluding hydrogens is 280 g/mol. The second kappa shape index (κ2) is 6.99. The van der Waals surface area contributed by atoms with Crippen LogP contribution in [0.15, 0.2) is 34.7 Å². The number of methoxy groups -OCH3 is 1. The van der Waals surface area contributed by atoms with Gasteiger partial charge in [0.05, 0.1) is 13.7 Å². The van der Waals surface area contributed by atoms with Crippen LogP contribution in [0.4, 0.5) is 8.78 Å². The number of hydrogen-bond acceptors (Lipinski definition) is 4. The first-order valence-electron chi connectivity index (χ1n) is 6.41. The van der Waals surface area contributed by atoms with Crippen LogP contribution >= 0.6 is 0 Å². The van der Waals surface area contributed by atoms with Gasteiger partial charge in [-0.1, -0.05) is 0 Å². The van der Waals surface area contributed by atoms with Crippen LogP contribution in [-0.2, 0) is 17.7 Å². The maximum atomic E-state index is 13.0. The minimum Gasteiger partial charge on any atom is -0.463 e. The summed E-state index contributed by atoms with van der Waals surface area (Å²) in [4.78, 5) is 11.2. The number of carbonyl (C=O) groups excluding carboxylic acids is 1. The molecule has 0 radical (unpaired) electrons. The van der Waals surface area contributed by atoms with Crippen LogP contribution in [0.1, 0.15) is 21.9 Å². The highest BCUT2D eigenvalue weighted by molar-refractivity contribution is 5.86. The van der Waals surface area contributed by atoms with Gasteiger partial charge in [-0.05, 0) is 42.8 Å². The summed E-state index contributed by atoms with van der Waals surface area (Å²) in [5.41, 5.74) is 0.578. The van der Waals surface area contributed by atoms with Crippen LogP contribution in [0, 0.1) is 11.6 Å². The van der Waals surface area contributed by atoms with Crippen LogP contribution < -0.4 is 5.32 Å². The molecule has 0 saturated carbocycles. The highest BCUT2D eigenvalue weighted by Crippen LogP contribution is 2.10. The Morgan fingerprint density at radius 2 is 1.95 bits per heavy atom. The summed E-state index contributed by atoms with van der Waals surface area (Å²) in [5, 5.41) is 3.07. The van der Waals surface area contributed by atoms with E-state index in [2.05, 4.69) is 10.1 Å². The minimum absolute atomic E-state index is 0.140. The number of ether oxygens (including phenoxy) is 1. The van der Waals surface area contributed by atoms with E-state index in [9.17, 15) is 13.6 Å². The minimum atomic E-state index is -0.584. The van der Waals surface area contributed by atoms with Gasteiger partial charge in [0.1, 0.15) is 17.4 Å². The number of hydrogen-bond donors (Lipinski definition) is 1. The van der Waals surface area contributed by atoms with Gasteiger partial charge in [-0.15, -0.1) is 0 Å². The molecule has 2 rings (SSSR count). The lowest BCUT2D eigenvalue weighted by molar-refractivity contribution is 0.0563. The van der Waals surface area contributed by atoms with Crippen molar-refractivity contribution in [3.05, 3.63) is 59.1 Å². The molecule has 1 heterocycles. The fourth-order valence-corrected chi connectivity index (χ4v) is 1.88. The number of nitrogens with one attached hydrogen (secondary N) is 1. The zero-order chi connectivity index (χ0) is 15.2. The topological polar surface area (TPSA) is 51.5 Å². The number of benzene rings is 1. The van der Waals surface area contributed by atoms with Crippen LogP contribution in [0.2, 0.25) is 0 Å². The van der Waals surface area contributed by atoms with Gasteiger partial charge in [0.15, 0.2) is 0 Å². The van der Waals surface area contributed by atoms with Crippen molar-refractivity contribution in [1.82, 2.24) is 5.32 Å². The average molecular weight is 295 g/mol. The molecule has 6 heteroatoms. The number of carbonyl (C=O) groups is 1. The van der Waals surface area contributed by atoms with Gasteiger partial charge in [0.25, 0.3) is 0 Å². The van der Waals surface area contributed by atoms with Gasteiger partial charge in [-0.2, -0.15) is 0 Å². The maximum absolute atomic E-state index is 13.0. The highest BCUT2D eigenvalue weighted by Gasteiger charge is 2.10. The molecule has 1 N–H and O–H groups in total. The Labute approximate surface area is 120 Å². The van der Waals surface area contributed by atoms with Crippen molar-refractivity contribution in [2.75, 3.05) is 13.7 Å². The predicted octanol–water partition coefficient (Wildman–Crippen LogP) is 2.68. The van der Waals surface area contributed by atoms with Crippen LogP contribution in [0.3, 0.4) is 0 Å². The summed E-state index contributed by atoms with van der Waals surface area (Å²) < 4.78 is 35.8. The van der Waals surface area contributed by atoms with Gasteiger partial charge in [-0.3, -0.25) is 0 Å². The molecule has 0 aliphatic heterocycles. The molecule has 0 unspecified atom stereocenters. The van der Waals surface area contributed by atoms with Gasteiger partial charge < -0.3 is 14.5 Å². The largest absolute Gasteiger partial charge is 0.463 e. The average Bonchev–Trinajstić information content (AvgIpc) is 2.90. The van der Waals surface area contributed by atoms with Crippen molar-refractivity contribution < 1.29 is 22.7 Å². The maximum Gasteiger partial charge on any atom is 0.373 e. The van der Waals surface area contributed by atoms with E-state index >= 15 is 0 Å². The summed E-state index contributed by atoms with van der Waals surface area (Å²) in [7, 11) is 1.28. The number of esters is 1. The van der Waals surface area contributed by atoms with Crippen molar-refractivity contribution >= 4 is 5.97 Å². The molecule has 1 aromatic carbocycles. The highest BCUT2D eigenvalue weighted by atomic mass is 19.1. The molecule has 0 amide bonds. The smallest absolute Gasteiger partial charge is 0.373 e. The van der Waals surface area contributed by atoms with Crippen molar-refractivity contribution in [2.24, 2.45) is 0 Å². The molecule has 21 heavy (non-hydrogen) atoms. The first kappa shape index (κ1) is 15.2. The van der Waals surface area contributed by atoms with E-state index in [0.717, 1.165) is 6.07 Å². The first-order valence-corrected chi connectivity index (χ1v) is 6.41. The molecule has 112 valence electrons. The van der Waals surface area contributed by atoms with E-state index in [1.165, 1.54) is 25.3 Å². The zero-order valence-electron chi connectivity index (χ0n) is 11.5. The quantitative estimate of drug-likeness (QED) is 0.657. The second-order valence-electron chi connectivity index (χ2n) is 4.46. The van der Waals surface area contributed by atoms with Crippen molar-refractivity contribution in [3.8, 4) is 0 Å².